The number of fused-ring (bicyclic) bond motifs is 5. The zero-order valence-electron chi connectivity index (χ0n) is 21.7. The first kappa shape index (κ1) is 27.3. The van der Waals surface area contributed by atoms with Gasteiger partial charge in [-0.2, -0.15) is 0 Å². The lowest BCUT2D eigenvalue weighted by molar-refractivity contribution is -0.467. The van der Waals surface area contributed by atoms with E-state index < -0.39 is 60.0 Å². The van der Waals surface area contributed by atoms with Gasteiger partial charge >= 0.3 is 5.97 Å². The Kier molecular flexibility index (Phi) is 6.57. The highest BCUT2D eigenvalue weighted by atomic mass is 16.8. The molecule has 0 aromatic rings. The van der Waals surface area contributed by atoms with Gasteiger partial charge in [0.15, 0.2) is 11.9 Å². The normalized spacial score (nSPS) is 53.6. The van der Waals surface area contributed by atoms with Gasteiger partial charge in [0.1, 0.15) is 29.7 Å². The van der Waals surface area contributed by atoms with Crippen molar-refractivity contribution in [3.63, 3.8) is 0 Å². The number of hydrogen-bond donors (Lipinski definition) is 6. The van der Waals surface area contributed by atoms with E-state index in [1.807, 2.05) is 6.92 Å². The molecule has 10 heteroatoms. The molecule has 0 radical (unpaired) electrons. The fourth-order valence-electron chi connectivity index (χ4n) is 8.73. The summed E-state index contributed by atoms with van der Waals surface area (Å²) in [5, 5.41) is 64.6. The highest BCUT2D eigenvalue weighted by Crippen LogP contribution is 2.69. The lowest BCUT2D eigenvalue weighted by Crippen LogP contribution is -2.70. The lowest BCUT2D eigenvalue weighted by atomic mass is 9.45. The molecule has 208 valence electrons. The Morgan fingerprint density at radius 3 is 2.43 bits per heavy atom. The predicted octanol–water partition coefficient (Wildman–Crippen LogP) is -0.0466. The number of carbonyl (C=O) groups excluding carboxylic acids is 2. The number of aliphatic hydroxyl groups is 6. The van der Waals surface area contributed by atoms with Crippen LogP contribution in [0.5, 0.6) is 0 Å². The Hall–Kier alpha value is -1.24. The standard InChI is InChI=1S/C27H40O10/c1-13(29)18-11-20(37-27(35)23(33)22(32)21(31)19(12-28)36-27)26(34)17-5-4-14-10-15(30)6-8-24(14,2)16(17)7-9-25(18,26)3/h10,16-23,28,31-35H,4-9,11-12H2,1-3H3/t16?,17?,18-,19?,20-,21+,22?,23-,24-,25+,26+,27+/m0/s1. The molecule has 0 aromatic heterocycles. The minimum atomic E-state index is -2.83. The van der Waals surface area contributed by atoms with E-state index in [2.05, 4.69) is 6.92 Å². The molecule has 5 aliphatic rings. The van der Waals surface area contributed by atoms with E-state index in [9.17, 15) is 40.2 Å². The average molecular weight is 525 g/mol. The second kappa shape index (κ2) is 8.89. The van der Waals surface area contributed by atoms with Crippen LogP contribution in [0.25, 0.3) is 0 Å². The second-order valence-electron chi connectivity index (χ2n) is 12.5. The maximum Gasteiger partial charge on any atom is 0.311 e. The van der Waals surface area contributed by atoms with Gasteiger partial charge in [-0.25, -0.2) is 0 Å². The van der Waals surface area contributed by atoms with Gasteiger partial charge in [0.05, 0.1) is 12.7 Å². The van der Waals surface area contributed by atoms with Crippen LogP contribution in [0.2, 0.25) is 0 Å². The molecule has 1 aliphatic heterocycles. The van der Waals surface area contributed by atoms with Crippen LogP contribution in [0, 0.1) is 28.6 Å². The van der Waals surface area contributed by atoms with Crippen LogP contribution in [0.15, 0.2) is 11.6 Å². The second-order valence-corrected chi connectivity index (χ2v) is 12.5. The van der Waals surface area contributed by atoms with Crippen molar-refractivity contribution in [1.82, 2.24) is 0 Å². The minimum absolute atomic E-state index is 0.0138. The smallest absolute Gasteiger partial charge is 0.311 e. The highest BCUT2D eigenvalue weighted by Gasteiger charge is 2.73. The van der Waals surface area contributed by atoms with E-state index in [1.54, 1.807) is 6.08 Å². The van der Waals surface area contributed by atoms with E-state index in [0.29, 0.717) is 32.1 Å². The van der Waals surface area contributed by atoms with Crippen molar-refractivity contribution in [2.24, 2.45) is 28.6 Å². The lowest BCUT2D eigenvalue weighted by Gasteiger charge is -2.62. The maximum atomic E-state index is 12.8. The Morgan fingerprint density at radius 2 is 1.78 bits per heavy atom. The van der Waals surface area contributed by atoms with Crippen molar-refractivity contribution < 1.29 is 49.7 Å². The van der Waals surface area contributed by atoms with Crippen molar-refractivity contribution >= 4 is 11.6 Å². The third kappa shape index (κ3) is 3.67. The van der Waals surface area contributed by atoms with Crippen molar-refractivity contribution in [2.45, 2.75) is 108 Å². The Labute approximate surface area is 216 Å². The molecule has 0 bridgehead atoms. The third-order valence-corrected chi connectivity index (χ3v) is 10.9. The predicted molar refractivity (Wildman–Crippen MR) is 128 cm³/mol. The van der Waals surface area contributed by atoms with Crippen LogP contribution in [0.3, 0.4) is 0 Å². The largest absolute Gasteiger partial charge is 0.394 e. The van der Waals surface area contributed by atoms with Gasteiger partial charge in [-0.15, -0.1) is 0 Å². The van der Waals surface area contributed by atoms with E-state index in [0.717, 1.165) is 12.0 Å². The van der Waals surface area contributed by atoms with Crippen LogP contribution in [0.4, 0.5) is 0 Å². The van der Waals surface area contributed by atoms with Gasteiger partial charge < -0.3 is 40.1 Å². The number of aliphatic hydroxyl groups excluding tert-OH is 4. The number of hydrogen-bond acceptors (Lipinski definition) is 10. The van der Waals surface area contributed by atoms with Gasteiger partial charge in [-0.1, -0.05) is 19.4 Å². The van der Waals surface area contributed by atoms with Gasteiger partial charge in [0, 0.05) is 17.8 Å². The first-order chi connectivity index (χ1) is 17.2. The zero-order valence-corrected chi connectivity index (χ0v) is 21.7. The monoisotopic (exact) mass is 524 g/mol. The Morgan fingerprint density at radius 1 is 1.08 bits per heavy atom. The molecule has 1 heterocycles. The van der Waals surface area contributed by atoms with Gasteiger partial charge in [0.2, 0.25) is 0 Å². The molecule has 1 saturated heterocycles. The fourth-order valence-corrected chi connectivity index (χ4v) is 8.73. The summed E-state index contributed by atoms with van der Waals surface area (Å²) in [6.07, 6.45) is -2.74. The highest BCUT2D eigenvalue weighted by molar-refractivity contribution is 5.91. The van der Waals surface area contributed by atoms with Crippen molar-refractivity contribution in [3.05, 3.63) is 11.6 Å². The summed E-state index contributed by atoms with van der Waals surface area (Å²) in [6, 6.07) is 0. The van der Waals surface area contributed by atoms with Crippen LogP contribution in [-0.2, 0) is 19.1 Å². The molecule has 0 spiro atoms. The molecule has 3 saturated carbocycles. The molecular weight excluding hydrogens is 484 g/mol. The molecule has 12 atom stereocenters. The van der Waals surface area contributed by atoms with Crippen molar-refractivity contribution in [1.29, 1.82) is 0 Å². The number of rotatable bonds is 4. The SMILES string of the molecule is CC(=O)[C@@H]1C[C@H](O[C@]2(O)OC(CO)[C@@H](O)C(O)[C@@H]2O)[C@]2(O)C3CCC4=CC(=O)CC[C@]4(C)C3CC[C@]12C. The fraction of sp³-hybridized carbons (Fsp3) is 0.852. The van der Waals surface area contributed by atoms with Gasteiger partial charge in [0.25, 0.3) is 0 Å². The number of Topliss-reactive ketones (excluding diaryl/α,β-unsaturated/α-hetero) is 1. The Balaban J connectivity index is 1.54. The van der Waals surface area contributed by atoms with Crippen molar-refractivity contribution in [2.75, 3.05) is 6.61 Å². The van der Waals surface area contributed by atoms with Gasteiger partial charge in [-0.3, -0.25) is 9.59 Å². The van der Waals surface area contributed by atoms with Crippen LogP contribution in [-0.4, -0.2) is 90.9 Å². The summed E-state index contributed by atoms with van der Waals surface area (Å²) in [4.78, 5) is 25.0. The quantitative estimate of drug-likeness (QED) is 0.274. The van der Waals surface area contributed by atoms with Crippen molar-refractivity contribution in [3.8, 4) is 0 Å². The molecule has 4 fully saturated rings. The van der Waals surface area contributed by atoms with Gasteiger partial charge in [-0.05, 0) is 68.8 Å². The van der Waals surface area contributed by atoms with Crippen LogP contribution >= 0.6 is 0 Å². The van der Waals surface area contributed by atoms with Crippen LogP contribution < -0.4 is 0 Å². The molecule has 0 aromatic carbocycles. The summed E-state index contributed by atoms with van der Waals surface area (Å²) in [5.41, 5.74) is -1.65. The van der Waals surface area contributed by atoms with E-state index >= 15 is 0 Å². The zero-order chi connectivity index (χ0) is 27.1. The molecule has 5 rings (SSSR count). The molecule has 10 nitrogen and oxygen atoms in total. The summed E-state index contributed by atoms with van der Waals surface area (Å²) < 4.78 is 11.4. The molecular formula is C27H40O10. The minimum Gasteiger partial charge on any atom is -0.394 e. The summed E-state index contributed by atoms with van der Waals surface area (Å²) in [5.74, 6) is -3.70. The van der Waals surface area contributed by atoms with E-state index in [1.165, 1.54) is 6.92 Å². The first-order valence-electron chi connectivity index (χ1n) is 13.4. The molecule has 37 heavy (non-hydrogen) atoms. The number of ether oxygens (including phenoxy) is 2. The first-order valence-corrected chi connectivity index (χ1v) is 13.4. The summed E-state index contributed by atoms with van der Waals surface area (Å²) in [7, 11) is 0. The summed E-state index contributed by atoms with van der Waals surface area (Å²) >= 11 is 0. The molecule has 6 N–H and O–H groups in total. The van der Waals surface area contributed by atoms with E-state index in [4.69, 9.17) is 9.47 Å². The number of carbonyl (C=O) groups is 2. The third-order valence-electron chi connectivity index (χ3n) is 10.9. The number of ketones is 2. The average Bonchev–Trinajstić information content (AvgIpc) is 3.08. The van der Waals surface area contributed by atoms with E-state index in [-0.39, 0.29) is 35.2 Å². The maximum absolute atomic E-state index is 12.8. The Bertz CT molecular complexity index is 996. The molecule has 4 unspecified atom stereocenters. The topological polar surface area (TPSA) is 174 Å². The molecule has 4 aliphatic carbocycles. The van der Waals surface area contributed by atoms with Crippen LogP contribution in [0.1, 0.15) is 65.7 Å². The summed E-state index contributed by atoms with van der Waals surface area (Å²) in [6.45, 7) is 4.75. The molecule has 0 amide bonds. The number of allylic oxidation sites excluding steroid dienone is 1.